The first-order valence-corrected chi connectivity index (χ1v) is 7.80. The number of ether oxygens (including phenoxy) is 2. The summed E-state index contributed by atoms with van der Waals surface area (Å²) in [7, 11) is 0. The van der Waals surface area contributed by atoms with Crippen molar-refractivity contribution in [1.29, 1.82) is 0 Å². The molecule has 0 radical (unpaired) electrons. The molecule has 0 amide bonds. The lowest BCUT2D eigenvalue weighted by atomic mass is 10.1. The number of pyridine rings is 1. The first-order chi connectivity index (χ1) is 12.7. The second-order valence-electron chi connectivity index (χ2n) is 5.25. The lowest BCUT2D eigenvalue weighted by Gasteiger charge is -2.13. The van der Waals surface area contributed by atoms with Crippen LogP contribution < -0.4 is 5.43 Å². The van der Waals surface area contributed by atoms with E-state index in [1.165, 1.54) is 13.8 Å². The molecule has 0 N–H and O–H groups in total. The maximum Gasteiger partial charge on any atom is 0.376 e. The van der Waals surface area contributed by atoms with Gasteiger partial charge in [-0.05, 0) is 19.9 Å². The molecule has 0 saturated heterocycles. The number of nitrogens with zero attached hydrogens (tertiary/aromatic N) is 1. The van der Waals surface area contributed by atoms with Crippen LogP contribution >= 0.6 is 0 Å². The summed E-state index contributed by atoms with van der Waals surface area (Å²) < 4.78 is 51.4. The van der Waals surface area contributed by atoms with E-state index in [-0.39, 0.29) is 13.2 Å². The predicted molar refractivity (Wildman–Crippen MR) is 85.7 cm³/mol. The minimum Gasteiger partial charge on any atom is -0.462 e. The summed E-state index contributed by atoms with van der Waals surface area (Å²) in [5.74, 6) is -8.77. The van der Waals surface area contributed by atoms with Crippen LogP contribution in [-0.2, 0) is 25.6 Å². The maximum absolute atomic E-state index is 14.3. The zero-order valence-corrected chi connectivity index (χ0v) is 14.3. The number of halogens is 3. The minimum atomic E-state index is -1.87. The largest absolute Gasteiger partial charge is 0.462 e. The first-order valence-electron chi connectivity index (χ1n) is 7.80. The number of benzene rings is 1. The van der Waals surface area contributed by atoms with Crippen LogP contribution in [0.2, 0.25) is 0 Å². The van der Waals surface area contributed by atoms with Crippen LogP contribution in [0.25, 0.3) is 10.9 Å². The van der Waals surface area contributed by atoms with Crippen molar-refractivity contribution < 1.29 is 37.0 Å². The van der Waals surface area contributed by atoms with E-state index in [4.69, 9.17) is 4.74 Å². The molecule has 0 aliphatic rings. The number of esters is 2. The van der Waals surface area contributed by atoms with Crippen molar-refractivity contribution in [3.05, 3.63) is 45.5 Å². The van der Waals surface area contributed by atoms with E-state index in [1.807, 2.05) is 0 Å². The SMILES string of the molecule is CCOC(=O)C(=O)Cn1cc(C(=O)OCC)c(=O)c2cc(F)c(F)c(F)c21. The normalized spacial score (nSPS) is 10.7. The molecule has 0 atom stereocenters. The van der Waals surface area contributed by atoms with Crippen molar-refractivity contribution >= 4 is 28.6 Å². The zero-order valence-electron chi connectivity index (χ0n) is 14.3. The molecule has 1 heterocycles. The van der Waals surface area contributed by atoms with E-state index < -0.39 is 63.6 Å². The van der Waals surface area contributed by atoms with Crippen molar-refractivity contribution in [2.24, 2.45) is 0 Å². The fraction of sp³-hybridized carbons (Fsp3) is 0.294. The van der Waals surface area contributed by atoms with Gasteiger partial charge < -0.3 is 14.0 Å². The molecule has 1 aromatic heterocycles. The van der Waals surface area contributed by atoms with Gasteiger partial charge in [0, 0.05) is 6.20 Å². The summed E-state index contributed by atoms with van der Waals surface area (Å²) in [6.45, 7) is 1.86. The average molecular weight is 385 g/mol. The highest BCUT2D eigenvalue weighted by atomic mass is 19.2. The van der Waals surface area contributed by atoms with Crippen LogP contribution in [0.15, 0.2) is 17.1 Å². The van der Waals surface area contributed by atoms with Gasteiger partial charge in [-0.1, -0.05) is 0 Å². The minimum absolute atomic E-state index is 0.0930. The molecule has 27 heavy (non-hydrogen) atoms. The van der Waals surface area contributed by atoms with E-state index in [9.17, 15) is 32.3 Å². The lowest BCUT2D eigenvalue weighted by Crippen LogP contribution is -2.27. The highest BCUT2D eigenvalue weighted by Gasteiger charge is 2.25. The van der Waals surface area contributed by atoms with Gasteiger partial charge in [-0.15, -0.1) is 0 Å². The van der Waals surface area contributed by atoms with Crippen LogP contribution in [0, 0.1) is 17.5 Å². The molecule has 144 valence electrons. The van der Waals surface area contributed by atoms with Crippen LogP contribution in [0.5, 0.6) is 0 Å². The number of fused-ring (bicyclic) bond motifs is 1. The molecule has 7 nitrogen and oxygen atoms in total. The van der Waals surface area contributed by atoms with Crippen LogP contribution in [0.1, 0.15) is 24.2 Å². The van der Waals surface area contributed by atoms with Crippen LogP contribution in [0.4, 0.5) is 13.2 Å². The Morgan fingerprint density at radius 2 is 1.67 bits per heavy atom. The van der Waals surface area contributed by atoms with Gasteiger partial charge in [0.1, 0.15) is 5.56 Å². The van der Waals surface area contributed by atoms with Gasteiger partial charge in [0.15, 0.2) is 17.5 Å². The van der Waals surface area contributed by atoms with Crippen LogP contribution in [0.3, 0.4) is 0 Å². The summed E-state index contributed by atoms with van der Waals surface area (Å²) >= 11 is 0. The predicted octanol–water partition coefficient (Wildman–Crippen LogP) is 1.73. The van der Waals surface area contributed by atoms with Crippen molar-refractivity contribution in [3.63, 3.8) is 0 Å². The first kappa shape index (κ1) is 20.1. The third-order valence-corrected chi connectivity index (χ3v) is 3.51. The van der Waals surface area contributed by atoms with E-state index in [2.05, 4.69) is 4.74 Å². The Kier molecular flexibility index (Phi) is 5.98. The third kappa shape index (κ3) is 3.83. The smallest absolute Gasteiger partial charge is 0.376 e. The quantitative estimate of drug-likeness (QED) is 0.427. The number of ketones is 1. The highest BCUT2D eigenvalue weighted by molar-refractivity contribution is 6.33. The van der Waals surface area contributed by atoms with Gasteiger partial charge in [0.2, 0.25) is 5.43 Å². The number of carbonyl (C=O) groups is 3. The Bertz CT molecular complexity index is 999. The summed E-state index contributed by atoms with van der Waals surface area (Å²) in [5.41, 5.74) is -2.52. The molecular weight excluding hydrogens is 371 g/mol. The van der Waals surface area contributed by atoms with E-state index in [0.29, 0.717) is 10.6 Å². The highest BCUT2D eigenvalue weighted by Crippen LogP contribution is 2.22. The van der Waals surface area contributed by atoms with Gasteiger partial charge in [-0.25, -0.2) is 22.8 Å². The Balaban J connectivity index is 2.76. The van der Waals surface area contributed by atoms with E-state index in [0.717, 1.165) is 6.20 Å². The Morgan fingerprint density at radius 1 is 1.04 bits per heavy atom. The topological polar surface area (TPSA) is 91.7 Å². The molecule has 2 aromatic rings. The lowest BCUT2D eigenvalue weighted by molar-refractivity contribution is -0.153. The fourth-order valence-electron chi connectivity index (χ4n) is 2.37. The molecule has 0 saturated carbocycles. The van der Waals surface area contributed by atoms with E-state index >= 15 is 0 Å². The second-order valence-corrected chi connectivity index (χ2v) is 5.25. The van der Waals surface area contributed by atoms with Crippen molar-refractivity contribution in [2.75, 3.05) is 13.2 Å². The van der Waals surface area contributed by atoms with Gasteiger partial charge in [0.05, 0.1) is 30.7 Å². The molecular formula is C17H14F3NO6. The summed E-state index contributed by atoms with van der Waals surface area (Å²) in [6, 6.07) is 0.407. The maximum atomic E-state index is 14.3. The second kappa shape index (κ2) is 8.02. The standard InChI is InChI=1S/C17H14F3NO6/c1-3-26-16(24)9-6-21(7-11(22)17(25)27-4-2)14-8(15(9)23)5-10(18)12(19)13(14)20/h5-6H,3-4,7H2,1-2H3. The molecule has 2 rings (SSSR count). The molecule has 0 bridgehead atoms. The average Bonchev–Trinajstić information content (AvgIpc) is 2.62. The fourth-order valence-corrected chi connectivity index (χ4v) is 2.37. The molecule has 10 heteroatoms. The van der Waals surface area contributed by atoms with Gasteiger partial charge in [0.25, 0.3) is 5.78 Å². The Morgan fingerprint density at radius 3 is 2.26 bits per heavy atom. The Hall–Kier alpha value is -3.17. The number of rotatable bonds is 6. The van der Waals surface area contributed by atoms with Gasteiger partial charge >= 0.3 is 11.9 Å². The van der Waals surface area contributed by atoms with Crippen LogP contribution in [-0.4, -0.2) is 35.5 Å². The van der Waals surface area contributed by atoms with E-state index in [1.54, 1.807) is 0 Å². The molecule has 0 fully saturated rings. The molecule has 0 aliphatic carbocycles. The van der Waals surface area contributed by atoms with Crippen molar-refractivity contribution in [3.8, 4) is 0 Å². The summed E-state index contributed by atoms with van der Waals surface area (Å²) in [4.78, 5) is 47.8. The Labute approximate surface area is 150 Å². The monoisotopic (exact) mass is 385 g/mol. The molecule has 0 unspecified atom stereocenters. The molecule has 1 aromatic carbocycles. The number of carbonyl (C=O) groups excluding carboxylic acids is 3. The zero-order chi connectivity index (χ0) is 20.3. The molecule has 0 aliphatic heterocycles. The summed E-state index contributed by atoms with van der Waals surface area (Å²) in [6.07, 6.45) is 0.750. The molecule has 0 spiro atoms. The number of hydrogen-bond donors (Lipinski definition) is 0. The van der Waals surface area contributed by atoms with Crippen molar-refractivity contribution in [1.82, 2.24) is 4.57 Å². The number of Topliss-reactive ketones (excluding diaryl/α,β-unsaturated/α-hetero) is 1. The summed E-state index contributed by atoms with van der Waals surface area (Å²) in [5, 5.41) is -0.686. The van der Waals surface area contributed by atoms with Gasteiger partial charge in [-0.2, -0.15) is 0 Å². The van der Waals surface area contributed by atoms with Gasteiger partial charge in [-0.3, -0.25) is 9.59 Å². The number of hydrogen-bond acceptors (Lipinski definition) is 6. The number of aromatic nitrogens is 1. The third-order valence-electron chi connectivity index (χ3n) is 3.51. The van der Waals surface area contributed by atoms with Crippen molar-refractivity contribution in [2.45, 2.75) is 20.4 Å².